The molecule has 3 aromatic carbocycles. The summed E-state index contributed by atoms with van der Waals surface area (Å²) in [4.78, 5) is 25.2. The lowest BCUT2D eigenvalue weighted by molar-refractivity contribution is 0.0692. The number of hydrogen-bond donors (Lipinski definition) is 0. The van der Waals surface area contributed by atoms with E-state index in [0.717, 1.165) is 15.6 Å². The molecule has 0 N–H and O–H groups in total. The number of aryl methyl sites for hydroxylation is 2. The van der Waals surface area contributed by atoms with Gasteiger partial charge in [-0.2, -0.15) is 0 Å². The first-order chi connectivity index (χ1) is 12.9. The molecular weight excluding hydrogens is 408 g/mol. The lowest BCUT2D eigenvalue weighted by atomic mass is 10.1. The van der Waals surface area contributed by atoms with Gasteiger partial charge in [0.2, 0.25) is 0 Å². The van der Waals surface area contributed by atoms with E-state index >= 15 is 0 Å². The lowest BCUT2D eigenvalue weighted by Crippen LogP contribution is -2.17. The van der Waals surface area contributed by atoms with Crippen molar-refractivity contribution in [2.45, 2.75) is 13.8 Å². The standard InChI is InChI=1S/C22H17BrO4/c1-14-11-15(2)13-18(12-14)27-22(25)20-6-4-3-5-19(20)21(24)26-17-9-7-16(23)8-10-17/h3-13H,1-2H3. The van der Waals surface area contributed by atoms with Crippen molar-refractivity contribution in [3.8, 4) is 11.5 Å². The predicted molar refractivity (Wildman–Crippen MR) is 106 cm³/mol. The van der Waals surface area contributed by atoms with Crippen LogP contribution in [0.2, 0.25) is 0 Å². The van der Waals surface area contributed by atoms with Gasteiger partial charge < -0.3 is 9.47 Å². The molecule has 136 valence electrons. The van der Waals surface area contributed by atoms with Gasteiger partial charge in [0.1, 0.15) is 11.5 Å². The van der Waals surface area contributed by atoms with Gasteiger partial charge in [0.25, 0.3) is 0 Å². The van der Waals surface area contributed by atoms with Gasteiger partial charge in [-0.1, -0.05) is 34.1 Å². The monoisotopic (exact) mass is 424 g/mol. The average Bonchev–Trinajstić information content (AvgIpc) is 2.62. The van der Waals surface area contributed by atoms with Crippen LogP contribution in [0.25, 0.3) is 0 Å². The Balaban J connectivity index is 1.83. The predicted octanol–water partition coefficient (Wildman–Crippen LogP) is 5.50. The molecule has 0 aliphatic heterocycles. The SMILES string of the molecule is Cc1cc(C)cc(OC(=O)c2ccccc2C(=O)Oc2ccc(Br)cc2)c1. The van der Waals surface area contributed by atoms with Crippen LogP contribution in [0, 0.1) is 13.8 Å². The fraction of sp³-hybridized carbons (Fsp3) is 0.0909. The molecule has 5 heteroatoms. The van der Waals surface area contributed by atoms with Crippen LogP contribution in [0.1, 0.15) is 31.8 Å². The van der Waals surface area contributed by atoms with Crippen LogP contribution < -0.4 is 9.47 Å². The summed E-state index contributed by atoms with van der Waals surface area (Å²) >= 11 is 3.33. The first-order valence-corrected chi connectivity index (χ1v) is 9.09. The molecule has 0 saturated carbocycles. The molecule has 0 aliphatic carbocycles. The van der Waals surface area contributed by atoms with Crippen LogP contribution in [-0.2, 0) is 0 Å². The van der Waals surface area contributed by atoms with E-state index in [-0.39, 0.29) is 11.1 Å². The number of carbonyl (C=O) groups excluding carboxylic acids is 2. The topological polar surface area (TPSA) is 52.6 Å². The Morgan fingerprint density at radius 2 is 1.19 bits per heavy atom. The van der Waals surface area contributed by atoms with E-state index in [9.17, 15) is 9.59 Å². The zero-order valence-corrected chi connectivity index (χ0v) is 16.4. The Kier molecular flexibility index (Phi) is 5.72. The molecule has 0 aliphatic rings. The molecular formula is C22H17BrO4. The molecule has 0 saturated heterocycles. The number of benzene rings is 3. The summed E-state index contributed by atoms with van der Waals surface area (Å²) in [5.41, 5.74) is 2.27. The van der Waals surface area contributed by atoms with Crippen LogP contribution in [0.5, 0.6) is 11.5 Å². The minimum Gasteiger partial charge on any atom is -0.423 e. The molecule has 3 aromatic rings. The van der Waals surface area contributed by atoms with Gasteiger partial charge in [-0.25, -0.2) is 9.59 Å². The van der Waals surface area contributed by atoms with Gasteiger partial charge in [0.05, 0.1) is 11.1 Å². The summed E-state index contributed by atoms with van der Waals surface area (Å²) in [6.45, 7) is 3.85. The Labute approximate surface area is 165 Å². The quantitative estimate of drug-likeness (QED) is 0.409. The van der Waals surface area contributed by atoms with Crippen molar-refractivity contribution in [2.24, 2.45) is 0 Å². The third-order valence-corrected chi connectivity index (χ3v) is 4.33. The highest BCUT2D eigenvalue weighted by Gasteiger charge is 2.20. The number of halogens is 1. The maximum absolute atomic E-state index is 12.6. The highest BCUT2D eigenvalue weighted by molar-refractivity contribution is 9.10. The van der Waals surface area contributed by atoms with Gasteiger partial charge in [0.15, 0.2) is 0 Å². The van der Waals surface area contributed by atoms with E-state index in [1.54, 1.807) is 60.7 Å². The first kappa shape index (κ1) is 18.9. The maximum atomic E-state index is 12.6. The van der Waals surface area contributed by atoms with Gasteiger partial charge in [-0.05, 0) is 73.5 Å². The normalized spacial score (nSPS) is 10.3. The van der Waals surface area contributed by atoms with Crippen molar-refractivity contribution in [1.82, 2.24) is 0 Å². The molecule has 0 spiro atoms. The molecule has 3 rings (SSSR count). The lowest BCUT2D eigenvalue weighted by Gasteiger charge is -2.10. The van der Waals surface area contributed by atoms with Crippen molar-refractivity contribution in [3.63, 3.8) is 0 Å². The van der Waals surface area contributed by atoms with Gasteiger partial charge in [-0.3, -0.25) is 0 Å². The Morgan fingerprint density at radius 1 is 0.704 bits per heavy atom. The first-order valence-electron chi connectivity index (χ1n) is 8.29. The van der Waals surface area contributed by atoms with E-state index in [0.29, 0.717) is 11.5 Å². The van der Waals surface area contributed by atoms with Crippen LogP contribution in [-0.4, -0.2) is 11.9 Å². The fourth-order valence-electron chi connectivity index (χ4n) is 2.66. The third-order valence-electron chi connectivity index (χ3n) is 3.80. The van der Waals surface area contributed by atoms with Crippen LogP contribution >= 0.6 is 15.9 Å². The summed E-state index contributed by atoms with van der Waals surface area (Å²) in [7, 11) is 0. The molecule has 4 nitrogen and oxygen atoms in total. The van der Waals surface area contributed by atoms with Crippen molar-refractivity contribution in [1.29, 1.82) is 0 Å². The smallest absolute Gasteiger partial charge is 0.344 e. The van der Waals surface area contributed by atoms with Crippen LogP contribution in [0.4, 0.5) is 0 Å². The van der Waals surface area contributed by atoms with Crippen LogP contribution in [0.15, 0.2) is 71.2 Å². The highest BCUT2D eigenvalue weighted by atomic mass is 79.9. The molecule has 0 heterocycles. The minimum atomic E-state index is -0.620. The second kappa shape index (κ2) is 8.18. The number of rotatable bonds is 4. The van der Waals surface area contributed by atoms with Crippen LogP contribution in [0.3, 0.4) is 0 Å². The van der Waals surface area contributed by atoms with Crippen molar-refractivity contribution in [2.75, 3.05) is 0 Å². The second-order valence-corrected chi connectivity index (χ2v) is 7.02. The van der Waals surface area contributed by atoms with E-state index in [1.807, 2.05) is 19.9 Å². The van der Waals surface area contributed by atoms with Gasteiger partial charge in [-0.15, -0.1) is 0 Å². The number of esters is 2. The highest BCUT2D eigenvalue weighted by Crippen LogP contribution is 2.21. The molecule has 0 unspecified atom stereocenters. The van der Waals surface area contributed by atoms with E-state index in [2.05, 4.69) is 15.9 Å². The zero-order valence-electron chi connectivity index (χ0n) is 14.9. The average molecular weight is 425 g/mol. The molecule has 27 heavy (non-hydrogen) atoms. The maximum Gasteiger partial charge on any atom is 0.344 e. The van der Waals surface area contributed by atoms with E-state index < -0.39 is 11.9 Å². The van der Waals surface area contributed by atoms with E-state index in [4.69, 9.17) is 9.47 Å². The van der Waals surface area contributed by atoms with Crippen molar-refractivity contribution in [3.05, 3.63) is 93.5 Å². The second-order valence-electron chi connectivity index (χ2n) is 6.10. The zero-order chi connectivity index (χ0) is 19.4. The minimum absolute atomic E-state index is 0.148. The van der Waals surface area contributed by atoms with Gasteiger partial charge in [0, 0.05) is 4.47 Å². The molecule has 0 bridgehead atoms. The number of hydrogen-bond acceptors (Lipinski definition) is 4. The summed E-state index contributed by atoms with van der Waals surface area (Å²) in [5, 5.41) is 0. The molecule has 0 fully saturated rings. The summed E-state index contributed by atoms with van der Waals surface area (Å²) < 4.78 is 11.7. The van der Waals surface area contributed by atoms with Crippen molar-refractivity contribution >= 4 is 27.9 Å². The molecule has 0 amide bonds. The largest absolute Gasteiger partial charge is 0.423 e. The third kappa shape index (κ3) is 4.83. The summed E-state index contributed by atoms with van der Waals surface area (Å²) in [5.74, 6) is -0.400. The molecule has 0 aromatic heterocycles. The number of ether oxygens (including phenoxy) is 2. The van der Waals surface area contributed by atoms with E-state index in [1.165, 1.54) is 0 Å². The summed E-state index contributed by atoms with van der Waals surface area (Å²) in [6, 6.07) is 18.8. The Bertz CT molecular complexity index is 973. The number of carbonyl (C=O) groups is 2. The summed E-state index contributed by atoms with van der Waals surface area (Å²) in [6.07, 6.45) is 0. The molecule has 0 radical (unpaired) electrons. The fourth-order valence-corrected chi connectivity index (χ4v) is 2.92. The molecule has 0 atom stereocenters. The van der Waals surface area contributed by atoms with Gasteiger partial charge >= 0.3 is 11.9 Å². The van der Waals surface area contributed by atoms with Crippen molar-refractivity contribution < 1.29 is 19.1 Å². The Hall–Kier alpha value is -2.92. The Morgan fingerprint density at radius 3 is 1.70 bits per heavy atom.